The van der Waals surface area contributed by atoms with Gasteiger partial charge in [0.15, 0.2) is 0 Å². The van der Waals surface area contributed by atoms with Crippen LogP contribution in [0.1, 0.15) is 38.2 Å². The summed E-state index contributed by atoms with van der Waals surface area (Å²) in [7, 11) is -3.63. The molecule has 0 saturated carbocycles. The topological polar surface area (TPSA) is 110 Å². The van der Waals surface area contributed by atoms with Crippen molar-refractivity contribution in [3.8, 4) is 5.69 Å². The molecule has 0 unspecified atom stereocenters. The van der Waals surface area contributed by atoms with E-state index >= 15 is 0 Å². The lowest BCUT2D eigenvalue weighted by Crippen LogP contribution is -2.41. The van der Waals surface area contributed by atoms with Crippen LogP contribution in [-0.2, 0) is 14.8 Å². The molecule has 4 rings (SSSR count). The van der Waals surface area contributed by atoms with Gasteiger partial charge in [-0.05, 0) is 65.1 Å². The number of amides is 1. The van der Waals surface area contributed by atoms with E-state index in [-0.39, 0.29) is 29.6 Å². The lowest BCUT2D eigenvalue weighted by atomic mass is 9.97. The second-order valence-corrected chi connectivity index (χ2v) is 10.2. The van der Waals surface area contributed by atoms with Crippen LogP contribution >= 0.6 is 0 Å². The standard InChI is InChI=1S/C22H25FN6O3S/c1-15(2)16-3-6-19(7-4-16)33(31,32)28-11-9-17(10-12-28)22(30)25-21-13-18(5-8-20(21)23)29-14-24-26-27-29/h3-8,13-15,17H,9-12H2,1-2H3,(H,25,30). The van der Waals surface area contributed by atoms with Gasteiger partial charge in [0.05, 0.1) is 16.3 Å². The highest BCUT2D eigenvalue weighted by atomic mass is 32.2. The lowest BCUT2D eigenvalue weighted by molar-refractivity contribution is -0.120. The second kappa shape index (κ2) is 9.36. The number of hydrogen-bond acceptors (Lipinski definition) is 6. The number of tetrazole rings is 1. The van der Waals surface area contributed by atoms with E-state index in [0.29, 0.717) is 24.4 Å². The van der Waals surface area contributed by atoms with Gasteiger partial charge in [-0.1, -0.05) is 26.0 Å². The zero-order valence-corrected chi connectivity index (χ0v) is 19.2. The molecule has 11 heteroatoms. The minimum absolute atomic E-state index is 0.0216. The summed E-state index contributed by atoms with van der Waals surface area (Å²) in [5, 5.41) is 13.5. The molecule has 33 heavy (non-hydrogen) atoms. The molecule has 0 atom stereocenters. The normalized spacial score (nSPS) is 15.6. The number of carbonyl (C=O) groups excluding carboxylic acids is 1. The molecule has 0 spiro atoms. The molecule has 3 aromatic rings. The zero-order chi connectivity index (χ0) is 23.6. The number of anilines is 1. The van der Waals surface area contributed by atoms with Crippen LogP contribution in [0.25, 0.3) is 5.69 Å². The number of nitrogens with zero attached hydrogens (tertiary/aromatic N) is 5. The Hall–Kier alpha value is -3.18. The third-order valence-corrected chi connectivity index (χ3v) is 7.74. The van der Waals surface area contributed by atoms with E-state index in [4.69, 9.17) is 0 Å². The van der Waals surface area contributed by atoms with Gasteiger partial charge < -0.3 is 5.32 Å². The summed E-state index contributed by atoms with van der Waals surface area (Å²) in [6.07, 6.45) is 2.07. The number of aromatic nitrogens is 4. The maximum absolute atomic E-state index is 14.3. The Morgan fingerprint density at radius 2 is 1.82 bits per heavy atom. The van der Waals surface area contributed by atoms with Crippen LogP contribution in [0.4, 0.5) is 10.1 Å². The first-order valence-electron chi connectivity index (χ1n) is 10.7. The SMILES string of the molecule is CC(C)c1ccc(S(=O)(=O)N2CCC(C(=O)Nc3cc(-n4cnnn4)ccc3F)CC2)cc1. The molecule has 174 valence electrons. The van der Waals surface area contributed by atoms with Gasteiger partial charge in [0.1, 0.15) is 12.1 Å². The molecule has 0 bridgehead atoms. The zero-order valence-electron chi connectivity index (χ0n) is 18.3. The Bertz CT molecular complexity index is 1220. The molecule has 0 aliphatic carbocycles. The van der Waals surface area contributed by atoms with Crippen molar-refractivity contribution in [2.24, 2.45) is 5.92 Å². The van der Waals surface area contributed by atoms with Crippen molar-refractivity contribution in [3.63, 3.8) is 0 Å². The van der Waals surface area contributed by atoms with Gasteiger partial charge in [-0.3, -0.25) is 4.79 Å². The molecule has 1 aromatic heterocycles. The molecule has 1 amide bonds. The fraction of sp³-hybridized carbons (Fsp3) is 0.364. The van der Waals surface area contributed by atoms with Crippen molar-refractivity contribution < 1.29 is 17.6 Å². The third-order valence-electron chi connectivity index (χ3n) is 5.83. The van der Waals surface area contributed by atoms with Gasteiger partial charge in [0.25, 0.3) is 0 Å². The lowest BCUT2D eigenvalue weighted by Gasteiger charge is -2.30. The molecular formula is C22H25FN6O3S. The van der Waals surface area contributed by atoms with E-state index in [9.17, 15) is 17.6 Å². The second-order valence-electron chi connectivity index (χ2n) is 8.31. The van der Waals surface area contributed by atoms with Gasteiger partial charge in [-0.25, -0.2) is 17.5 Å². The van der Waals surface area contributed by atoms with Gasteiger partial charge >= 0.3 is 0 Å². The summed E-state index contributed by atoms with van der Waals surface area (Å²) in [5.41, 5.74) is 1.59. The molecule has 9 nitrogen and oxygen atoms in total. The number of carbonyl (C=O) groups is 1. The van der Waals surface area contributed by atoms with Crippen LogP contribution in [-0.4, -0.2) is 51.9 Å². The first-order chi connectivity index (χ1) is 15.8. The fourth-order valence-electron chi connectivity index (χ4n) is 3.80. The smallest absolute Gasteiger partial charge is 0.243 e. The molecular weight excluding hydrogens is 447 g/mol. The first-order valence-corrected chi connectivity index (χ1v) is 12.1. The Morgan fingerprint density at radius 3 is 2.42 bits per heavy atom. The minimum Gasteiger partial charge on any atom is -0.323 e. The summed E-state index contributed by atoms with van der Waals surface area (Å²) < 4.78 is 43.0. The van der Waals surface area contributed by atoms with E-state index in [0.717, 1.165) is 5.56 Å². The molecule has 1 aliphatic heterocycles. The number of rotatable bonds is 6. The van der Waals surface area contributed by atoms with Crippen molar-refractivity contribution in [3.05, 3.63) is 60.2 Å². The van der Waals surface area contributed by atoms with E-state index in [1.54, 1.807) is 12.1 Å². The van der Waals surface area contributed by atoms with Crippen LogP contribution in [0.3, 0.4) is 0 Å². The largest absolute Gasteiger partial charge is 0.323 e. The van der Waals surface area contributed by atoms with Gasteiger partial charge in [0.2, 0.25) is 15.9 Å². The number of halogens is 1. The number of piperidine rings is 1. The molecule has 2 aromatic carbocycles. The van der Waals surface area contributed by atoms with Crippen molar-refractivity contribution in [1.82, 2.24) is 24.5 Å². The Kier molecular flexibility index (Phi) is 6.52. The highest BCUT2D eigenvalue weighted by Gasteiger charge is 2.32. The Morgan fingerprint density at radius 1 is 1.12 bits per heavy atom. The minimum atomic E-state index is -3.63. The maximum atomic E-state index is 14.3. The number of hydrogen-bond donors (Lipinski definition) is 1. The molecule has 1 saturated heterocycles. The summed E-state index contributed by atoms with van der Waals surface area (Å²) in [6.45, 7) is 4.54. The Balaban J connectivity index is 1.40. The van der Waals surface area contributed by atoms with Crippen LogP contribution in [0, 0.1) is 11.7 Å². The van der Waals surface area contributed by atoms with E-state index in [1.807, 2.05) is 26.0 Å². The molecule has 1 fully saturated rings. The third kappa shape index (κ3) is 4.93. The molecule has 2 heterocycles. The average Bonchev–Trinajstić information content (AvgIpc) is 3.35. The quantitative estimate of drug-likeness (QED) is 0.591. The van der Waals surface area contributed by atoms with Gasteiger partial charge in [-0.15, -0.1) is 5.10 Å². The first kappa shape index (κ1) is 23.0. The molecule has 0 radical (unpaired) electrons. The summed E-state index contributed by atoms with van der Waals surface area (Å²) in [5.74, 6) is -1.03. The summed E-state index contributed by atoms with van der Waals surface area (Å²) in [4.78, 5) is 13.0. The van der Waals surface area contributed by atoms with Crippen LogP contribution < -0.4 is 5.32 Å². The molecule has 1 N–H and O–H groups in total. The summed E-state index contributed by atoms with van der Waals surface area (Å²) in [6, 6.07) is 11.1. The highest BCUT2D eigenvalue weighted by Crippen LogP contribution is 2.27. The highest BCUT2D eigenvalue weighted by molar-refractivity contribution is 7.89. The number of sulfonamides is 1. The van der Waals surface area contributed by atoms with Crippen LogP contribution in [0.15, 0.2) is 53.7 Å². The van der Waals surface area contributed by atoms with Crippen molar-refractivity contribution in [2.75, 3.05) is 18.4 Å². The van der Waals surface area contributed by atoms with Crippen molar-refractivity contribution in [2.45, 2.75) is 37.5 Å². The van der Waals surface area contributed by atoms with Gasteiger partial charge in [-0.2, -0.15) is 4.31 Å². The van der Waals surface area contributed by atoms with E-state index < -0.39 is 21.8 Å². The predicted molar refractivity (Wildman–Crippen MR) is 120 cm³/mol. The summed E-state index contributed by atoms with van der Waals surface area (Å²) >= 11 is 0. The van der Waals surface area contributed by atoms with E-state index in [2.05, 4.69) is 20.8 Å². The number of nitrogens with one attached hydrogen (secondary N) is 1. The van der Waals surface area contributed by atoms with Crippen LogP contribution in [0.2, 0.25) is 0 Å². The monoisotopic (exact) mass is 472 g/mol. The van der Waals surface area contributed by atoms with Gasteiger partial charge in [0, 0.05) is 19.0 Å². The predicted octanol–water partition coefficient (Wildman–Crippen LogP) is 2.96. The maximum Gasteiger partial charge on any atom is 0.243 e. The fourth-order valence-corrected chi connectivity index (χ4v) is 5.27. The van der Waals surface area contributed by atoms with E-state index in [1.165, 1.54) is 33.5 Å². The average molecular weight is 473 g/mol. The van der Waals surface area contributed by atoms with Crippen molar-refractivity contribution >= 4 is 21.6 Å². The Labute approximate surface area is 191 Å². The number of benzene rings is 2. The molecule has 1 aliphatic rings. The van der Waals surface area contributed by atoms with Crippen LogP contribution in [0.5, 0.6) is 0 Å². The van der Waals surface area contributed by atoms with Crippen molar-refractivity contribution in [1.29, 1.82) is 0 Å².